The van der Waals surface area contributed by atoms with E-state index in [1.165, 1.54) is 37.0 Å². The summed E-state index contributed by atoms with van der Waals surface area (Å²) in [6.07, 6.45) is 6.35. The van der Waals surface area contributed by atoms with E-state index >= 15 is 0 Å². The van der Waals surface area contributed by atoms with Gasteiger partial charge >= 0.3 is 0 Å². The molecule has 1 unspecified atom stereocenters. The highest BCUT2D eigenvalue weighted by molar-refractivity contribution is 7.14. The lowest BCUT2D eigenvalue weighted by Crippen LogP contribution is -2.16. The summed E-state index contributed by atoms with van der Waals surface area (Å²) >= 11 is 1.61. The first kappa shape index (κ1) is 14.6. The number of allylic oxidation sites excluding steroid dienone is 2. The predicted molar refractivity (Wildman–Crippen MR) is 97.9 cm³/mol. The largest absolute Gasteiger partial charge is 0.252 e. The Morgan fingerprint density at radius 3 is 2.91 bits per heavy atom. The zero-order valence-electron chi connectivity index (χ0n) is 13.4. The van der Waals surface area contributed by atoms with Crippen LogP contribution in [0.5, 0.6) is 0 Å². The summed E-state index contributed by atoms with van der Waals surface area (Å²) in [7, 11) is 0. The predicted octanol–water partition coefficient (Wildman–Crippen LogP) is 5.49. The highest BCUT2D eigenvalue weighted by Gasteiger charge is 2.28. The van der Waals surface area contributed by atoms with Gasteiger partial charge in [0.2, 0.25) is 5.13 Å². The number of anilines is 1. The Balaban J connectivity index is 1.51. The Kier molecular flexibility index (Phi) is 4.00. The SMILES string of the molecule is CC1=C2CCCC2CCC1=NNc1nc(-c2ccccc2)cs1. The lowest BCUT2D eigenvalue weighted by atomic mass is 9.84. The first-order chi connectivity index (χ1) is 11.3. The van der Waals surface area contributed by atoms with Crippen LogP contribution >= 0.6 is 11.3 Å². The summed E-state index contributed by atoms with van der Waals surface area (Å²) in [5.74, 6) is 0.832. The molecular formula is C19H21N3S. The van der Waals surface area contributed by atoms with Crippen molar-refractivity contribution >= 4 is 22.2 Å². The van der Waals surface area contributed by atoms with Gasteiger partial charge in [0.05, 0.1) is 11.4 Å². The molecule has 23 heavy (non-hydrogen) atoms. The Morgan fingerprint density at radius 2 is 2.04 bits per heavy atom. The summed E-state index contributed by atoms with van der Waals surface area (Å²) in [4.78, 5) is 4.64. The molecule has 0 spiro atoms. The zero-order valence-corrected chi connectivity index (χ0v) is 14.2. The molecule has 1 atom stereocenters. The number of nitrogens with one attached hydrogen (secondary N) is 1. The van der Waals surface area contributed by atoms with Crippen LogP contribution in [0.3, 0.4) is 0 Å². The van der Waals surface area contributed by atoms with Gasteiger partial charge in [-0.3, -0.25) is 5.43 Å². The van der Waals surface area contributed by atoms with Crippen molar-refractivity contribution < 1.29 is 0 Å². The summed E-state index contributed by atoms with van der Waals surface area (Å²) in [6.45, 7) is 2.24. The van der Waals surface area contributed by atoms with Gasteiger partial charge in [-0.2, -0.15) is 5.10 Å². The van der Waals surface area contributed by atoms with Crippen LogP contribution in [0.25, 0.3) is 11.3 Å². The van der Waals surface area contributed by atoms with E-state index in [4.69, 9.17) is 0 Å². The van der Waals surface area contributed by atoms with Crippen molar-refractivity contribution in [2.45, 2.75) is 39.0 Å². The normalized spacial score (nSPS) is 22.5. The molecule has 2 aliphatic carbocycles. The number of nitrogens with zero attached hydrogens (tertiary/aromatic N) is 2. The second-order valence-corrected chi connectivity index (χ2v) is 7.21. The third kappa shape index (κ3) is 2.95. The Hall–Kier alpha value is -1.94. The fourth-order valence-electron chi connectivity index (χ4n) is 3.73. The van der Waals surface area contributed by atoms with E-state index in [0.29, 0.717) is 0 Å². The maximum atomic E-state index is 4.66. The molecule has 1 aromatic carbocycles. The molecule has 1 saturated carbocycles. The molecule has 3 nitrogen and oxygen atoms in total. The molecule has 0 aliphatic heterocycles. The molecule has 1 fully saturated rings. The number of hydrogen-bond acceptors (Lipinski definition) is 4. The number of rotatable bonds is 3. The van der Waals surface area contributed by atoms with Crippen LogP contribution in [0.15, 0.2) is 52.0 Å². The van der Waals surface area contributed by atoms with E-state index in [-0.39, 0.29) is 0 Å². The average molecular weight is 323 g/mol. The fraction of sp³-hybridized carbons (Fsp3) is 0.368. The third-order valence-electron chi connectivity index (χ3n) is 5.00. The molecule has 0 amide bonds. The van der Waals surface area contributed by atoms with Crippen LogP contribution in [-0.2, 0) is 0 Å². The van der Waals surface area contributed by atoms with Crippen LogP contribution in [0.4, 0.5) is 5.13 Å². The maximum absolute atomic E-state index is 4.66. The minimum atomic E-state index is 0.832. The molecule has 2 aromatic rings. The molecule has 1 heterocycles. The van der Waals surface area contributed by atoms with Crippen molar-refractivity contribution in [1.82, 2.24) is 4.98 Å². The summed E-state index contributed by atoms with van der Waals surface area (Å²) in [5, 5.41) is 7.60. The molecule has 0 saturated heterocycles. The zero-order chi connectivity index (χ0) is 15.6. The Bertz CT molecular complexity index is 758. The third-order valence-corrected chi connectivity index (χ3v) is 5.74. The van der Waals surface area contributed by atoms with Crippen molar-refractivity contribution in [3.8, 4) is 11.3 Å². The van der Waals surface area contributed by atoms with Crippen molar-refractivity contribution in [2.24, 2.45) is 11.0 Å². The Labute approximate surface area is 141 Å². The second-order valence-electron chi connectivity index (χ2n) is 6.35. The summed E-state index contributed by atoms with van der Waals surface area (Å²) in [5.41, 5.74) is 9.62. The molecule has 118 valence electrons. The van der Waals surface area contributed by atoms with Crippen LogP contribution < -0.4 is 5.43 Å². The lowest BCUT2D eigenvalue weighted by molar-refractivity contribution is 0.574. The van der Waals surface area contributed by atoms with E-state index in [1.807, 2.05) is 18.2 Å². The minimum Gasteiger partial charge on any atom is -0.252 e. The monoisotopic (exact) mass is 323 g/mol. The number of hydrogen-bond donors (Lipinski definition) is 1. The average Bonchev–Trinajstić information content (AvgIpc) is 3.25. The molecule has 0 radical (unpaired) electrons. The van der Waals surface area contributed by atoms with Crippen LogP contribution in [-0.4, -0.2) is 10.7 Å². The summed E-state index contributed by atoms with van der Waals surface area (Å²) in [6, 6.07) is 10.3. The lowest BCUT2D eigenvalue weighted by Gasteiger charge is -2.22. The van der Waals surface area contributed by atoms with Gasteiger partial charge in [0.25, 0.3) is 0 Å². The van der Waals surface area contributed by atoms with Crippen molar-refractivity contribution in [3.63, 3.8) is 0 Å². The number of thiazole rings is 1. The van der Waals surface area contributed by atoms with E-state index < -0.39 is 0 Å². The van der Waals surface area contributed by atoms with Crippen molar-refractivity contribution in [1.29, 1.82) is 0 Å². The van der Waals surface area contributed by atoms with E-state index in [1.54, 1.807) is 16.9 Å². The Morgan fingerprint density at radius 1 is 1.17 bits per heavy atom. The number of benzene rings is 1. The molecule has 0 bridgehead atoms. The van der Waals surface area contributed by atoms with Gasteiger partial charge in [-0.05, 0) is 50.5 Å². The minimum absolute atomic E-state index is 0.832. The van der Waals surface area contributed by atoms with E-state index in [9.17, 15) is 0 Å². The van der Waals surface area contributed by atoms with Crippen molar-refractivity contribution in [3.05, 3.63) is 46.9 Å². The standard InChI is InChI=1S/C19H21N3S/c1-13-16-9-5-8-14(16)10-11-17(13)21-22-19-20-18(12-23-19)15-6-3-2-4-7-15/h2-4,6-7,12,14H,5,8-11H2,1H3,(H,20,22). The van der Waals surface area contributed by atoms with Gasteiger partial charge in [0.15, 0.2) is 0 Å². The van der Waals surface area contributed by atoms with Gasteiger partial charge < -0.3 is 0 Å². The van der Waals surface area contributed by atoms with Crippen LogP contribution in [0, 0.1) is 5.92 Å². The number of aromatic nitrogens is 1. The summed E-state index contributed by atoms with van der Waals surface area (Å²) < 4.78 is 0. The highest BCUT2D eigenvalue weighted by atomic mass is 32.1. The van der Waals surface area contributed by atoms with Gasteiger partial charge in [-0.15, -0.1) is 11.3 Å². The number of hydrazone groups is 1. The first-order valence-electron chi connectivity index (χ1n) is 8.35. The van der Waals surface area contributed by atoms with Crippen LogP contribution in [0.1, 0.15) is 39.0 Å². The first-order valence-corrected chi connectivity index (χ1v) is 9.23. The van der Waals surface area contributed by atoms with E-state index in [2.05, 4.69) is 39.9 Å². The molecule has 1 aromatic heterocycles. The molecule has 2 aliphatic rings. The topological polar surface area (TPSA) is 37.3 Å². The van der Waals surface area contributed by atoms with Gasteiger partial charge in [-0.1, -0.05) is 35.9 Å². The fourth-order valence-corrected chi connectivity index (χ4v) is 4.40. The molecular weight excluding hydrogens is 302 g/mol. The van der Waals surface area contributed by atoms with Gasteiger partial charge in [0, 0.05) is 10.9 Å². The number of fused-ring (bicyclic) bond motifs is 1. The molecule has 1 N–H and O–H groups in total. The molecule has 4 heteroatoms. The maximum Gasteiger partial charge on any atom is 0.203 e. The van der Waals surface area contributed by atoms with Gasteiger partial charge in [0.1, 0.15) is 0 Å². The van der Waals surface area contributed by atoms with Crippen LogP contribution in [0.2, 0.25) is 0 Å². The van der Waals surface area contributed by atoms with E-state index in [0.717, 1.165) is 28.7 Å². The molecule has 4 rings (SSSR count). The second kappa shape index (κ2) is 6.28. The van der Waals surface area contributed by atoms with Gasteiger partial charge in [-0.25, -0.2) is 4.98 Å². The smallest absolute Gasteiger partial charge is 0.203 e. The quantitative estimate of drug-likeness (QED) is 0.758. The highest BCUT2D eigenvalue weighted by Crippen LogP contribution is 2.40. The van der Waals surface area contributed by atoms with Crippen molar-refractivity contribution in [2.75, 3.05) is 5.43 Å².